The molecule has 28 heavy (non-hydrogen) atoms. The molecule has 2 N–H and O–H groups in total. The van der Waals surface area contributed by atoms with Crippen molar-refractivity contribution in [3.63, 3.8) is 0 Å². The number of nitrogens with two attached hydrogens (primary N) is 1. The predicted octanol–water partition coefficient (Wildman–Crippen LogP) is 2.23. The molecule has 0 aliphatic carbocycles. The average Bonchev–Trinajstić information content (AvgIpc) is 3.33. The third-order valence-corrected chi connectivity index (χ3v) is 4.92. The van der Waals surface area contributed by atoms with Crippen molar-refractivity contribution in [1.29, 1.82) is 0 Å². The molecule has 5 rings (SSSR count). The summed E-state index contributed by atoms with van der Waals surface area (Å²) in [6.07, 6.45) is 5.37. The molecular formula is C20H17N7O. The quantitative estimate of drug-likeness (QED) is 0.513. The summed E-state index contributed by atoms with van der Waals surface area (Å²) < 4.78 is 5.13. The second-order valence-corrected chi connectivity index (χ2v) is 6.77. The molecule has 1 aromatic carbocycles. The molecule has 0 fully saturated rings. The summed E-state index contributed by atoms with van der Waals surface area (Å²) in [7, 11) is 3.61. The lowest BCUT2D eigenvalue weighted by molar-refractivity contribution is 0.768. The van der Waals surface area contributed by atoms with Crippen LogP contribution in [-0.2, 0) is 14.1 Å². The number of hydrogen-bond acceptors (Lipinski definition) is 5. The number of pyridine rings is 1. The van der Waals surface area contributed by atoms with Gasteiger partial charge in [0.1, 0.15) is 11.5 Å². The van der Waals surface area contributed by atoms with E-state index in [9.17, 15) is 4.79 Å². The van der Waals surface area contributed by atoms with Crippen molar-refractivity contribution in [2.45, 2.75) is 0 Å². The number of hydrogen-bond donors (Lipinski definition) is 1. The topological polar surface area (TPSA) is 96.0 Å². The number of fused-ring (bicyclic) bond motifs is 3. The van der Waals surface area contributed by atoms with Gasteiger partial charge in [-0.3, -0.25) is 14.0 Å². The SMILES string of the molecule is Cn1cc(-c2cc3n(C)c(=O)c4ccc(-c5ccc(N)nc5)cc4n3n2)cn1. The molecule has 4 aromatic heterocycles. The van der Waals surface area contributed by atoms with Crippen LogP contribution < -0.4 is 11.3 Å². The summed E-state index contributed by atoms with van der Waals surface area (Å²) in [4.78, 5) is 17.0. The van der Waals surface area contributed by atoms with E-state index in [1.165, 1.54) is 0 Å². The number of rotatable bonds is 2. The van der Waals surface area contributed by atoms with Crippen LogP contribution in [0.5, 0.6) is 0 Å². The van der Waals surface area contributed by atoms with Gasteiger partial charge in [0.05, 0.1) is 22.8 Å². The first-order valence-corrected chi connectivity index (χ1v) is 8.75. The van der Waals surface area contributed by atoms with Crippen molar-refractivity contribution in [1.82, 2.24) is 28.9 Å². The molecule has 0 saturated heterocycles. The molecule has 0 aliphatic rings. The van der Waals surface area contributed by atoms with Gasteiger partial charge in [0, 0.05) is 43.7 Å². The van der Waals surface area contributed by atoms with E-state index in [1.807, 2.05) is 43.6 Å². The lowest BCUT2D eigenvalue weighted by Crippen LogP contribution is -2.19. The van der Waals surface area contributed by atoms with E-state index in [2.05, 4.69) is 10.1 Å². The van der Waals surface area contributed by atoms with E-state index in [4.69, 9.17) is 10.8 Å². The Labute approximate surface area is 159 Å². The molecule has 0 aliphatic heterocycles. The van der Waals surface area contributed by atoms with Crippen LogP contribution in [0.15, 0.2) is 59.8 Å². The Hall–Kier alpha value is -3.94. The van der Waals surface area contributed by atoms with Gasteiger partial charge < -0.3 is 5.73 Å². The van der Waals surface area contributed by atoms with Gasteiger partial charge in [-0.1, -0.05) is 6.07 Å². The minimum absolute atomic E-state index is 0.0675. The zero-order chi connectivity index (χ0) is 19.4. The molecule has 8 nitrogen and oxygen atoms in total. The normalized spacial score (nSPS) is 11.5. The third kappa shape index (κ3) is 2.38. The lowest BCUT2D eigenvalue weighted by atomic mass is 10.1. The Kier molecular flexibility index (Phi) is 3.35. The van der Waals surface area contributed by atoms with Crippen LogP contribution in [0.3, 0.4) is 0 Å². The third-order valence-electron chi connectivity index (χ3n) is 4.92. The van der Waals surface area contributed by atoms with Crippen molar-refractivity contribution in [3.05, 3.63) is 65.3 Å². The molecule has 0 radical (unpaired) electrons. The Morgan fingerprint density at radius 3 is 2.50 bits per heavy atom. The highest BCUT2D eigenvalue weighted by molar-refractivity contribution is 5.86. The van der Waals surface area contributed by atoms with Gasteiger partial charge in [0.25, 0.3) is 5.56 Å². The molecular weight excluding hydrogens is 354 g/mol. The van der Waals surface area contributed by atoms with Gasteiger partial charge >= 0.3 is 0 Å². The number of nitrogen functional groups attached to an aromatic ring is 1. The minimum Gasteiger partial charge on any atom is -0.384 e. The van der Waals surface area contributed by atoms with E-state index >= 15 is 0 Å². The number of benzene rings is 1. The van der Waals surface area contributed by atoms with E-state index in [-0.39, 0.29) is 5.56 Å². The van der Waals surface area contributed by atoms with Gasteiger partial charge in [0.15, 0.2) is 0 Å². The van der Waals surface area contributed by atoms with E-state index in [0.717, 1.165) is 27.9 Å². The number of anilines is 1. The Morgan fingerprint density at radius 1 is 0.964 bits per heavy atom. The number of aryl methyl sites for hydroxylation is 2. The van der Waals surface area contributed by atoms with Gasteiger partial charge in [-0.05, 0) is 29.8 Å². The first-order chi connectivity index (χ1) is 13.5. The van der Waals surface area contributed by atoms with E-state index in [0.29, 0.717) is 16.9 Å². The molecule has 4 heterocycles. The zero-order valence-electron chi connectivity index (χ0n) is 15.4. The maximum Gasteiger partial charge on any atom is 0.261 e. The standard InChI is InChI=1S/C20H17N7O/c1-25-11-14(10-23-25)16-8-19-26(2)20(28)15-5-3-12(7-17(15)27(19)24-16)13-4-6-18(21)22-9-13/h3-11H,1-2H3,(H2,21,22). The van der Waals surface area contributed by atoms with E-state index < -0.39 is 0 Å². The molecule has 0 amide bonds. The first-order valence-electron chi connectivity index (χ1n) is 8.75. The lowest BCUT2D eigenvalue weighted by Gasteiger charge is -2.08. The van der Waals surface area contributed by atoms with Crippen LogP contribution in [0.2, 0.25) is 0 Å². The fourth-order valence-electron chi connectivity index (χ4n) is 3.41. The van der Waals surface area contributed by atoms with Crippen LogP contribution in [0.25, 0.3) is 38.9 Å². The highest BCUT2D eigenvalue weighted by Crippen LogP contribution is 2.25. The van der Waals surface area contributed by atoms with Gasteiger partial charge in [-0.15, -0.1) is 0 Å². The van der Waals surface area contributed by atoms with Gasteiger partial charge in [-0.2, -0.15) is 10.2 Å². The molecule has 0 spiro atoms. The van der Waals surface area contributed by atoms with Gasteiger partial charge in [-0.25, -0.2) is 9.50 Å². The highest BCUT2D eigenvalue weighted by atomic mass is 16.1. The van der Waals surface area contributed by atoms with Crippen molar-refractivity contribution >= 4 is 22.4 Å². The van der Waals surface area contributed by atoms with Crippen LogP contribution >= 0.6 is 0 Å². The van der Waals surface area contributed by atoms with Crippen molar-refractivity contribution in [2.75, 3.05) is 5.73 Å². The molecule has 8 heteroatoms. The summed E-state index contributed by atoms with van der Waals surface area (Å²) in [5.41, 5.74) is 10.6. The summed E-state index contributed by atoms with van der Waals surface area (Å²) in [6.45, 7) is 0. The fraction of sp³-hybridized carbons (Fsp3) is 0.100. The minimum atomic E-state index is -0.0675. The Balaban J connectivity index is 1.80. The summed E-state index contributed by atoms with van der Waals surface area (Å²) in [6, 6.07) is 11.3. The fourth-order valence-corrected chi connectivity index (χ4v) is 3.41. The zero-order valence-corrected chi connectivity index (χ0v) is 15.4. The molecule has 0 atom stereocenters. The summed E-state index contributed by atoms with van der Waals surface area (Å²) in [5, 5.41) is 9.55. The first kappa shape index (κ1) is 16.2. The summed E-state index contributed by atoms with van der Waals surface area (Å²) in [5.74, 6) is 0.467. The molecule has 5 aromatic rings. The molecule has 0 unspecified atom stereocenters. The number of aromatic nitrogens is 6. The molecule has 0 bridgehead atoms. The monoisotopic (exact) mass is 371 g/mol. The van der Waals surface area contributed by atoms with Crippen LogP contribution in [0, 0.1) is 0 Å². The van der Waals surface area contributed by atoms with Crippen LogP contribution in [0.1, 0.15) is 0 Å². The van der Waals surface area contributed by atoms with Crippen LogP contribution in [0.4, 0.5) is 5.82 Å². The molecule has 138 valence electrons. The largest absolute Gasteiger partial charge is 0.384 e. The maximum absolute atomic E-state index is 12.9. The van der Waals surface area contributed by atoms with Crippen LogP contribution in [-0.4, -0.2) is 28.9 Å². The Bertz CT molecular complexity index is 1410. The van der Waals surface area contributed by atoms with Gasteiger partial charge in [0.2, 0.25) is 0 Å². The predicted molar refractivity (Wildman–Crippen MR) is 108 cm³/mol. The highest BCUT2D eigenvalue weighted by Gasteiger charge is 2.14. The van der Waals surface area contributed by atoms with Crippen molar-refractivity contribution in [3.8, 4) is 22.4 Å². The maximum atomic E-state index is 12.9. The average molecular weight is 371 g/mol. The number of nitrogens with zero attached hydrogens (tertiary/aromatic N) is 6. The smallest absolute Gasteiger partial charge is 0.261 e. The second-order valence-electron chi connectivity index (χ2n) is 6.77. The van der Waals surface area contributed by atoms with Crippen molar-refractivity contribution in [2.24, 2.45) is 14.1 Å². The Morgan fingerprint density at radius 2 is 1.79 bits per heavy atom. The molecule has 0 saturated carbocycles. The van der Waals surface area contributed by atoms with E-state index in [1.54, 1.807) is 39.3 Å². The second kappa shape index (κ2) is 5.78. The van der Waals surface area contributed by atoms with Crippen molar-refractivity contribution < 1.29 is 0 Å². The summed E-state index contributed by atoms with van der Waals surface area (Å²) >= 11 is 0.